The first-order chi connectivity index (χ1) is 14.6. The molecule has 0 aliphatic carbocycles. The van der Waals surface area contributed by atoms with Crippen LogP contribution in [0.2, 0.25) is 0 Å². The zero-order valence-corrected chi connectivity index (χ0v) is 17.7. The summed E-state index contributed by atoms with van der Waals surface area (Å²) in [5.74, 6) is 1.21. The minimum atomic E-state index is -0.0343. The number of rotatable bonds is 7. The maximum absolute atomic E-state index is 12.7. The standard InChI is InChI=1S/C22H24N4O3S/c1-2-11-29-15-5-3-14(4-6-15)17(27)7-8-19(28)26-10-9-16-18(12-26)30-22-20(16)21(23)24-13-25-22/h3-6,13H,2,7-12H2,1H3,(H2,23,24,25). The molecule has 3 aromatic rings. The Balaban J connectivity index is 1.35. The Morgan fingerprint density at radius 2 is 2.00 bits per heavy atom. The van der Waals surface area contributed by atoms with E-state index in [-0.39, 0.29) is 24.5 Å². The molecule has 30 heavy (non-hydrogen) atoms. The van der Waals surface area contributed by atoms with Gasteiger partial charge in [0.05, 0.1) is 18.5 Å². The molecule has 7 nitrogen and oxygen atoms in total. The second kappa shape index (κ2) is 8.79. The fourth-order valence-corrected chi connectivity index (χ4v) is 4.86. The number of hydrogen-bond donors (Lipinski definition) is 1. The summed E-state index contributed by atoms with van der Waals surface area (Å²) in [6.45, 7) is 3.84. The van der Waals surface area contributed by atoms with Crippen molar-refractivity contribution in [2.24, 2.45) is 0 Å². The van der Waals surface area contributed by atoms with Gasteiger partial charge in [-0.15, -0.1) is 11.3 Å². The van der Waals surface area contributed by atoms with Gasteiger partial charge in [-0.2, -0.15) is 0 Å². The van der Waals surface area contributed by atoms with Gasteiger partial charge in [0.25, 0.3) is 0 Å². The molecule has 1 aromatic carbocycles. The third kappa shape index (κ3) is 4.14. The molecule has 0 unspecified atom stereocenters. The van der Waals surface area contributed by atoms with Crippen molar-refractivity contribution in [3.05, 3.63) is 46.6 Å². The third-order valence-corrected chi connectivity index (χ3v) is 6.36. The van der Waals surface area contributed by atoms with Crippen molar-refractivity contribution in [1.82, 2.24) is 14.9 Å². The largest absolute Gasteiger partial charge is 0.494 e. The molecule has 0 radical (unpaired) electrons. The fraction of sp³-hybridized carbons (Fsp3) is 0.364. The molecule has 1 amide bonds. The van der Waals surface area contributed by atoms with Crippen LogP contribution in [0.15, 0.2) is 30.6 Å². The van der Waals surface area contributed by atoms with Crippen LogP contribution in [0.25, 0.3) is 10.2 Å². The predicted octanol–water partition coefficient (Wildman–Crippen LogP) is 3.61. The number of amides is 1. The van der Waals surface area contributed by atoms with Gasteiger partial charge in [0.1, 0.15) is 22.7 Å². The predicted molar refractivity (Wildman–Crippen MR) is 117 cm³/mol. The van der Waals surface area contributed by atoms with Crippen LogP contribution in [0.3, 0.4) is 0 Å². The van der Waals surface area contributed by atoms with Gasteiger partial charge in [0, 0.05) is 29.8 Å². The van der Waals surface area contributed by atoms with E-state index in [4.69, 9.17) is 10.5 Å². The number of aromatic nitrogens is 2. The Morgan fingerprint density at radius 3 is 2.77 bits per heavy atom. The molecule has 0 bridgehead atoms. The number of ether oxygens (including phenoxy) is 1. The first kappa shape index (κ1) is 20.3. The molecule has 2 aromatic heterocycles. The van der Waals surface area contributed by atoms with E-state index in [2.05, 4.69) is 9.97 Å². The molecule has 2 N–H and O–H groups in total. The van der Waals surface area contributed by atoms with Crippen LogP contribution >= 0.6 is 11.3 Å². The van der Waals surface area contributed by atoms with Crippen molar-refractivity contribution in [2.45, 2.75) is 39.2 Å². The third-order valence-electron chi connectivity index (χ3n) is 5.23. The maximum Gasteiger partial charge on any atom is 0.223 e. The number of nitrogens with two attached hydrogens (primary N) is 1. The lowest BCUT2D eigenvalue weighted by Crippen LogP contribution is -2.35. The van der Waals surface area contributed by atoms with Crippen molar-refractivity contribution in [1.29, 1.82) is 0 Å². The molecule has 0 saturated heterocycles. The second-order valence-electron chi connectivity index (χ2n) is 7.30. The van der Waals surface area contributed by atoms with E-state index in [1.165, 1.54) is 6.33 Å². The summed E-state index contributed by atoms with van der Waals surface area (Å²) in [5.41, 5.74) is 7.77. The van der Waals surface area contributed by atoms with Gasteiger partial charge >= 0.3 is 0 Å². The average Bonchev–Trinajstić information content (AvgIpc) is 3.15. The molecule has 0 spiro atoms. The van der Waals surface area contributed by atoms with Gasteiger partial charge in [0.15, 0.2) is 5.78 Å². The van der Waals surface area contributed by atoms with Crippen molar-refractivity contribution in [2.75, 3.05) is 18.9 Å². The molecule has 0 atom stereocenters. The highest BCUT2D eigenvalue weighted by Crippen LogP contribution is 2.36. The van der Waals surface area contributed by atoms with E-state index in [0.29, 0.717) is 31.1 Å². The normalized spacial score (nSPS) is 13.3. The summed E-state index contributed by atoms with van der Waals surface area (Å²) >= 11 is 1.56. The summed E-state index contributed by atoms with van der Waals surface area (Å²) in [5, 5.41) is 0.922. The molecular weight excluding hydrogens is 400 g/mol. The first-order valence-corrected chi connectivity index (χ1v) is 10.9. The van der Waals surface area contributed by atoms with Crippen LogP contribution in [0.4, 0.5) is 5.82 Å². The number of carbonyl (C=O) groups excluding carboxylic acids is 2. The Labute approximate surface area is 178 Å². The number of Topliss-reactive ketones (excluding diaryl/α,β-unsaturated/α-hetero) is 1. The summed E-state index contributed by atoms with van der Waals surface area (Å²) in [4.78, 5) is 37.3. The maximum atomic E-state index is 12.7. The van der Waals surface area contributed by atoms with E-state index in [9.17, 15) is 9.59 Å². The number of ketones is 1. The molecule has 3 heterocycles. The van der Waals surface area contributed by atoms with Gasteiger partial charge in [-0.3, -0.25) is 9.59 Å². The Hall–Kier alpha value is -3.00. The molecule has 0 saturated carbocycles. The number of hydrogen-bond acceptors (Lipinski definition) is 7. The van der Waals surface area contributed by atoms with Crippen LogP contribution in [0.5, 0.6) is 5.75 Å². The number of nitrogens with zero attached hydrogens (tertiary/aromatic N) is 3. The lowest BCUT2D eigenvalue weighted by atomic mass is 10.0. The number of nitrogen functional groups attached to an aromatic ring is 1. The number of thiophene rings is 1. The van der Waals surface area contributed by atoms with E-state index < -0.39 is 0 Å². The van der Waals surface area contributed by atoms with Crippen LogP contribution in [0.1, 0.15) is 47.0 Å². The quantitative estimate of drug-likeness (QED) is 0.582. The van der Waals surface area contributed by atoms with E-state index >= 15 is 0 Å². The molecule has 156 valence electrons. The van der Waals surface area contributed by atoms with Crippen LogP contribution < -0.4 is 10.5 Å². The molecule has 0 fully saturated rings. The number of carbonyl (C=O) groups is 2. The molecular formula is C22H24N4O3S. The van der Waals surface area contributed by atoms with Crippen molar-refractivity contribution < 1.29 is 14.3 Å². The van der Waals surface area contributed by atoms with Gasteiger partial charge in [-0.25, -0.2) is 9.97 Å². The lowest BCUT2D eigenvalue weighted by Gasteiger charge is -2.27. The Bertz CT molecular complexity index is 1080. The summed E-state index contributed by atoms with van der Waals surface area (Å²) < 4.78 is 5.54. The minimum Gasteiger partial charge on any atom is -0.494 e. The number of benzene rings is 1. The molecule has 1 aliphatic heterocycles. The van der Waals surface area contributed by atoms with Crippen molar-refractivity contribution in [3.63, 3.8) is 0 Å². The number of fused-ring (bicyclic) bond motifs is 3. The minimum absolute atomic E-state index is 0.00610. The second-order valence-corrected chi connectivity index (χ2v) is 8.39. The van der Waals surface area contributed by atoms with E-state index in [1.807, 2.05) is 11.8 Å². The average molecular weight is 425 g/mol. The SMILES string of the molecule is CCCOc1ccc(C(=O)CCC(=O)N2CCc3c(sc4ncnc(N)c34)C2)cc1. The van der Waals surface area contributed by atoms with Gasteiger partial charge in [-0.1, -0.05) is 6.92 Å². The zero-order chi connectivity index (χ0) is 21.1. The smallest absolute Gasteiger partial charge is 0.223 e. The highest BCUT2D eigenvalue weighted by Gasteiger charge is 2.26. The summed E-state index contributed by atoms with van der Waals surface area (Å²) in [7, 11) is 0. The highest BCUT2D eigenvalue weighted by atomic mass is 32.1. The Kier molecular flexibility index (Phi) is 5.94. The zero-order valence-electron chi connectivity index (χ0n) is 16.9. The van der Waals surface area contributed by atoms with Gasteiger partial charge < -0.3 is 15.4 Å². The van der Waals surface area contributed by atoms with Crippen LogP contribution in [-0.2, 0) is 17.8 Å². The molecule has 8 heteroatoms. The first-order valence-electron chi connectivity index (χ1n) is 10.1. The Morgan fingerprint density at radius 1 is 1.20 bits per heavy atom. The summed E-state index contributed by atoms with van der Waals surface area (Å²) in [6, 6.07) is 7.11. The van der Waals surface area contributed by atoms with Crippen molar-refractivity contribution >= 4 is 39.1 Å². The van der Waals surface area contributed by atoms with Gasteiger partial charge in [0.2, 0.25) is 5.91 Å². The van der Waals surface area contributed by atoms with Gasteiger partial charge in [-0.05, 0) is 42.7 Å². The van der Waals surface area contributed by atoms with E-state index in [1.54, 1.807) is 35.6 Å². The molecule has 1 aliphatic rings. The van der Waals surface area contributed by atoms with Crippen LogP contribution in [-0.4, -0.2) is 39.7 Å². The highest BCUT2D eigenvalue weighted by molar-refractivity contribution is 7.19. The topological polar surface area (TPSA) is 98.4 Å². The fourth-order valence-electron chi connectivity index (χ4n) is 3.64. The van der Waals surface area contributed by atoms with Crippen LogP contribution in [0, 0.1) is 0 Å². The van der Waals surface area contributed by atoms with Crippen molar-refractivity contribution in [3.8, 4) is 5.75 Å². The van der Waals surface area contributed by atoms with E-state index in [0.717, 1.165) is 39.2 Å². The molecule has 4 rings (SSSR count). The number of anilines is 1. The monoisotopic (exact) mass is 424 g/mol. The lowest BCUT2D eigenvalue weighted by molar-refractivity contribution is -0.132. The summed E-state index contributed by atoms with van der Waals surface area (Å²) in [6.07, 6.45) is 3.53.